The highest BCUT2D eigenvalue weighted by Gasteiger charge is 2.25. The summed E-state index contributed by atoms with van der Waals surface area (Å²) in [6.45, 7) is 3.58. The van der Waals surface area contributed by atoms with E-state index in [9.17, 15) is 4.79 Å². The van der Waals surface area contributed by atoms with Crippen LogP contribution in [0.25, 0.3) is 0 Å². The smallest absolute Gasteiger partial charge is 0.272 e. The predicted molar refractivity (Wildman–Crippen MR) is 104 cm³/mol. The van der Waals surface area contributed by atoms with Crippen molar-refractivity contribution in [3.8, 4) is 0 Å². The topological polar surface area (TPSA) is 68.2 Å². The Bertz CT molecular complexity index is 734. The number of carbonyl (C=O) groups is 1. The van der Waals surface area contributed by atoms with E-state index >= 15 is 0 Å². The van der Waals surface area contributed by atoms with E-state index in [1.165, 1.54) is 0 Å². The first-order chi connectivity index (χ1) is 13.3. The molecule has 144 valence electrons. The molecule has 2 aliphatic rings. The van der Waals surface area contributed by atoms with Crippen LogP contribution in [0, 0.1) is 5.92 Å². The number of piperidine rings is 1. The number of nitrogens with one attached hydrogen (secondary N) is 2. The Labute approximate surface area is 160 Å². The fraction of sp³-hybridized carbons (Fsp3) is 0.524. The van der Waals surface area contributed by atoms with E-state index in [0.717, 1.165) is 57.6 Å². The van der Waals surface area contributed by atoms with E-state index in [1.54, 1.807) is 0 Å². The van der Waals surface area contributed by atoms with Crippen LogP contribution in [0.5, 0.6) is 0 Å². The number of amides is 1. The molecule has 0 saturated carbocycles. The highest BCUT2D eigenvalue weighted by Crippen LogP contribution is 2.27. The summed E-state index contributed by atoms with van der Waals surface area (Å²) in [7, 11) is 0. The van der Waals surface area contributed by atoms with Gasteiger partial charge in [0.25, 0.3) is 5.91 Å². The fourth-order valence-corrected chi connectivity index (χ4v) is 4.02. The third-order valence-corrected chi connectivity index (χ3v) is 5.59. The summed E-state index contributed by atoms with van der Waals surface area (Å²) in [5.74, 6) is 0.381. The largest absolute Gasteiger partial charge is 0.381 e. The summed E-state index contributed by atoms with van der Waals surface area (Å²) in [4.78, 5) is 12.9. The van der Waals surface area contributed by atoms with Crippen molar-refractivity contribution in [1.29, 1.82) is 0 Å². The molecular weight excluding hydrogens is 340 g/mol. The van der Waals surface area contributed by atoms with Gasteiger partial charge >= 0.3 is 0 Å². The molecule has 0 aliphatic carbocycles. The van der Waals surface area contributed by atoms with Gasteiger partial charge in [-0.1, -0.05) is 30.3 Å². The minimum absolute atomic E-state index is 0.0214. The summed E-state index contributed by atoms with van der Waals surface area (Å²) in [6, 6.07) is 12.3. The highest BCUT2D eigenvalue weighted by molar-refractivity contribution is 5.92. The van der Waals surface area contributed by atoms with Crippen LogP contribution in [0.15, 0.2) is 42.6 Å². The monoisotopic (exact) mass is 368 g/mol. The molecule has 2 aliphatic heterocycles. The minimum atomic E-state index is -0.106. The molecule has 1 aromatic heterocycles. The van der Waals surface area contributed by atoms with Crippen LogP contribution in [0.2, 0.25) is 0 Å². The maximum absolute atomic E-state index is 12.9. The predicted octanol–water partition coefficient (Wildman–Crippen LogP) is 2.71. The van der Waals surface area contributed by atoms with Gasteiger partial charge in [0.15, 0.2) is 0 Å². The van der Waals surface area contributed by atoms with Gasteiger partial charge in [0.2, 0.25) is 0 Å². The molecule has 2 N–H and O–H groups in total. The van der Waals surface area contributed by atoms with Crippen molar-refractivity contribution in [2.24, 2.45) is 5.92 Å². The van der Waals surface area contributed by atoms with Crippen LogP contribution in [0.4, 0.5) is 0 Å². The molecule has 0 radical (unpaired) electrons. The molecule has 0 spiro atoms. The fourth-order valence-electron chi connectivity index (χ4n) is 4.02. The van der Waals surface area contributed by atoms with Crippen LogP contribution in [0.1, 0.15) is 53.8 Å². The van der Waals surface area contributed by atoms with Crippen LogP contribution >= 0.6 is 0 Å². The molecule has 6 heteroatoms. The number of hydrogen-bond acceptors (Lipinski definition) is 4. The van der Waals surface area contributed by atoms with Gasteiger partial charge in [-0.15, -0.1) is 0 Å². The number of rotatable bonds is 6. The number of carbonyl (C=O) groups excluding carboxylic acids is 1. The Morgan fingerprint density at radius 2 is 2.19 bits per heavy atom. The molecule has 27 heavy (non-hydrogen) atoms. The maximum Gasteiger partial charge on any atom is 0.272 e. The summed E-state index contributed by atoms with van der Waals surface area (Å²) < 4.78 is 7.45. The van der Waals surface area contributed by atoms with Crippen molar-refractivity contribution >= 4 is 5.91 Å². The van der Waals surface area contributed by atoms with E-state index in [4.69, 9.17) is 4.74 Å². The second kappa shape index (κ2) is 8.67. The molecule has 3 unspecified atom stereocenters. The molecular formula is C21H28N4O2. The number of nitrogens with zero attached hydrogens (tertiary/aromatic N) is 2. The maximum atomic E-state index is 12.9. The van der Waals surface area contributed by atoms with Gasteiger partial charge in [-0.2, -0.15) is 5.10 Å². The molecule has 2 aromatic rings. The first-order valence-corrected chi connectivity index (χ1v) is 9.99. The lowest BCUT2D eigenvalue weighted by Gasteiger charge is -2.23. The Hall–Kier alpha value is -2.18. The minimum Gasteiger partial charge on any atom is -0.381 e. The first-order valence-electron chi connectivity index (χ1n) is 9.99. The van der Waals surface area contributed by atoms with Gasteiger partial charge in [0.1, 0.15) is 5.69 Å². The molecule has 6 nitrogen and oxygen atoms in total. The normalized spacial score (nSPS) is 23.9. The second-order valence-corrected chi connectivity index (χ2v) is 7.58. The van der Waals surface area contributed by atoms with E-state index in [2.05, 4.69) is 27.9 Å². The summed E-state index contributed by atoms with van der Waals surface area (Å²) in [5.41, 5.74) is 1.62. The van der Waals surface area contributed by atoms with Gasteiger partial charge in [0, 0.05) is 26.0 Å². The molecule has 1 amide bonds. The van der Waals surface area contributed by atoms with Crippen molar-refractivity contribution < 1.29 is 9.53 Å². The van der Waals surface area contributed by atoms with Crippen molar-refractivity contribution in [1.82, 2.24) is 20.4 Å². The second-order valence-electron chi connectivity index (χ2n) is 7.58. The molecule has 4 rings (SSSR count). The van der Waals surface area contributed by atoms with E-state index in [1.807, 2.05) is 35.1 Å². The van der Waals surface area contributed by atoms with Crippen LogP contribution in [-0.2, 0) is 4.74 Å². The Morgan fingerprint density at radius 3 is 2.93 bits per heavy atom. The number of benzene rings is 1. The molecule has 2 saturated heterocycles. The summed E-state index contributed by atoms with van der Waals surface area (Å²) in [5, 5.41) is 11.2. The average molecular weight is 368 g/mol. The molecule has 1 aromatic carbocycles. The Kier molecular flexibility index (Phi) is 5.84. The molecule has 0 bridgehead atoms. The first kappa shape index (κ1) is 18.2. The quantitative estimate of drug-likeness (QED) is 0.823. The van der Waals surface area contributed by atoms with Crippen LogP contribution < -0.4 is 10.6 Å². The van der Waals surface area contributed by atoms with Crippen molar-refractivity contribution in [3.63, 3.8) is 0 Å². The van der Waals surface area contributed by atoms with E-state index in [0.29, 0.717) is 17.7 Å². The van der Waals surface area contributed by atoms with Crippen molar-refractivity contribution in [3.05, 3.63) is 53.9 Å². The zero-order valence-electron chi connectivity index (χ0n) is 15.6. The third kappa shape index (κ3) is 4.57. The molecule has 3 atom stereocenters. The van der Waals surface area contributed by atoms with Gasteiger partial charge in [-0.3, -0.25) is 9.48 Å². The molecule has 3 heterocycles. The SMILES string of the molecule is O=C(NC(CC1CCOC1)c1ccccc1)c1ccn(C2CCCNC2)n1. The van der Waals surface area contributed by atoms with Gasteiger partial charge in [-0.25, -0.2) is 0 Å². The third-order valence-electron chi connectivity index (χ3n) is 5.59. The number of aromatic nitrogens is 2. The lowest BCUT2D eigenvalue weighted by atomic mass is 9.94. The lowest BCUT2D eigenvalue weighted by Crippen LogP contribution is -2.33. The Morgan fingerprint density at radius 1 is 1.30 bits per heavy atom. The van der Waals surface area contributed by atoms with E-state index in [-0.39, 0.29) is 11.9 Å². The summed E-state index contributed by atoms with van der Waals surface area (Å²) >= 11 is 0. The van der Waals surface area contributed by atoms with Gasteiger partial charge in [0.05, 0.1) is 12.1 Å². The van der Waals surface area contributed by atoms with Crippen molar-refractivity contribution in [2.75, 3.05) is 26.3 Å². The number of hydrogen-bond donors (Lipinski definition) is 2. The molecule has 2 fully saturated rings. The Balaban J connectivity index is 1.45. The van der Waals surface area contributed by atoms with E-state index < -0.39 is 0 Å². The van der Waals surface area contributed by atoms with Gasteiger partial charge < -0.3 is 15.4 Å². The standard InChI is InChI=1S/C21H28N4O2/c26-21(19-8-11-25(24-19)18-7-4-10-22-14-18)23-20(13-16-9-12-27-15-16)17-5-2-1-3-6-17/h1-3,5-6,8,11,16,18,20,22H,4,7,9-10,12-15H2,(H,23,26). The number of ether oxygens (including phenoxy) is 1. The highest BCUT2D eigenvalue weighted by atomic mass is 16.5. The summed E-state index contributed by atoms with van der Waals surface area (Å²) in [6.07, 6.45) is 6.12. The zero-order valence-corrected chi connectivity index (χ0v) is 15.6. The van der Waals surface area contributed by atoms with Gasteiger partial charge in [-0.05, 0) is 49.8 Å². The van der Waals surface area contributed by atoms with Crippen molar-refractivity contribution in [2.45, 2.75) is 37.8 Å². The van der Waals surface area contributed by atoms with Crippen LogP contribution in [0.3, 0.4) is 0 Å². The average Bonchev–Trinajstić information content (AvgIpc) is 3.41. The van der Waals surface area contributed by atoms with Crippen LogP contribution in [-0.4, -0.2) is 42.0 Å². The zero-order chi connectivity index (χ0) is 18.5. The lowest BCUT2D eigenvalue weighted by molar-refractivity contribution is 0.0922.